The summed E-state index contributed by atoms with van der Waals surface area (Å²) in [5.41, 5.74) is 2.40. The van der Waals surface area contributed by atoms with Gasteiger partial charge in [-0.1, -0.05) is 30.0 Å². The summed E-state index contributed by atoms with van der Waals surface area (Å²) < 4.78 is 38.1. The summed E-state index contributed by atoms with van der Waals surface area (Å²) in [6, 6.07) is 12.7. The van der Waals surface area contributed by atoms with Crippen LogP contribution in [0, 0.1) is 11.8 Å². The largest absolute Gasteiger partial charge is 0.493 e. The van der Waals surface area contributed by atoms with Gasteiger partial charge in [0.25, 0.3) is 0 Å². The summed E-state index contributed by atoms with van der Waals surface area (Å²) in [7, 11) is -1.98. The second-order valence-corrected chi connectivity index (χ2v) is 8.02. The minimum atomic E-state index is -3.56. The van der Waals surface area contributed by atoms with Gasteiger partial charge in [-0.15, -0.1) is 0 Å². The van der Waals surface area contributed by atoms with Crippen LogP contribution in [0.1, 0.15) is 24.0 Å². The number of nitrogens with one attached hydrogen (secondary N) is 1. The highest BCUT2D eigenvalue weighted by Gasteiger charge is 2.16. The molecule has 0 unspecified atom stereocenters. The van der Waals surface area contributed by atoms with Gasteiger partial charge in [0.1, 0.15) is 6.61 Å². The number of rotatable bonds is 6. The summed E-state index contributed by atoms with van der Waals surface area (Å²) in [5.74, 6) is 6.81. The molecule has 0 radical (unpaired) electrons. The van der Waals surface area contributed by atoms with Crippen molar-refractivity contribution in [1.29, 1.82) is 0 Å². The van der Waals surface area contributed by atoms with Gasteiger partial charge in [-0.2, -0.15) is 4.72 Å². The monoisotopic (exact) mass is 385 g/mol. The lowest BCUT2D eigenvalue weighted by atomic mass is 9.92. The summed E-state index contributed by atoms with van der Waals surface area (Å²) in [5, 5.41) is 0. The zero-order chi connectivity index (χ0) is 19.1. The van der Waals surface area contributed by atoms with Crippen molar-refractivity contribution in [1.82, 2.24) is 4.72 Å². The topological polar surface area (TPSA) is 64.6 Å². The average molecular weight is 385 g/mol. The molecular formula is C21H23NO4S. The molecule has 2 aromatic carbocycles. The van der Waals surface area contributed by atoms with E-state index in [1.54, 1.807) is 31.4 Å². The van der Waals surface area contributed by atoms with Crippen LogP contribution in [0.4, 0.5) is 0 Å². The van der Waals surface area contributed by atoms with Crippen molar-refractivity contribution in [3.05, 3.63) is 53.6 Å². The van der Waals surface area contributed by atoms with E-state index in [4.69, 9.17) is 9.47 Å². The van der Waals surface area contributed by atoms with E-state index < -0.39 is 10.0 Å². The quantitative estimate of drug-likeness (QED) is 0.777. The van der Waals surface area contributed by atoms with Crippen molar-refractivity contribution in [3.8, 4) is 23.3 Å². The van der Waals surface area contributed by atoms with Gasteiger partial charge in [0.05, 0.1) is 18.6 Å². The minimum Gasteiger partial charge on any atom is -0.493 e. The maximum atomic E-state index is 12.4. The first-order valence-corrected chi connectivity index (χ1v) is 10.4. The zero-order valence-electron chi connectivity index (χ0n) is 15.3. The van der Waals surface area contributed by atoms with Crippen LogP contribution < -0.4 is 14.2 Å². The van der Waals surface area contributed by atoms with Crippen LogP contribution in [-0.2, 0) is 22.9 Å². The third-order valence-electron chi connectivity index (χ3n) is 4.47. The third kappa shape index (κ3) is 5.03. The zero-order valence-corrected chi connectivity index (χ0v) is 16.1. The van der Waals surface area contributed by atoms with E-state index in [0.29, 0.717) is 16.4 Å². The number of fused-ring (bicyclic) bond motifs is 1. The Labute approximate surface area is 160 Å². The highest BCUT2D eigenvalue weighted by Crippen LogP contribution is 2.25. The molecule has 1 N–H and O–H groups in total. The molecule has 0 aromatic heterocycles. The van der Waals surface area contributed by atoms with Gasteiger partial charge in [0, 0.05) is 0 Å². The molecule has 0 amide bonds. The number of hydrogen-bond acceptors (Lipinski definition) is 4. The maximum absolute atomic E-state index is 12.4. The molecule has 1 aliphatic carbocycles. The number of methoxy groups -OCH3 is 1. The maximum Gasteiger partial charge on any atom is 0.241 e. The van der Waals surface area contributed by atoms with Gasteiger partial charge in [0.2, 0.25) is 10.0 Å². The molecule has 6 heteroatoms. The van der Waals surface area contributed by atoms with Crippen molar-refractivity contribution >= 4 is 10.0 Å². The molecule has 1 aliphatic rings. The summed E-state index contributed by atoms with van der Waals surface area (Å²) in [6.45, 7) is 0.190. The van der Waals surface area contributed by atoms with Crippen LogP contribution in [0.25, 0.3) is 0 Å². The standard InChI is InChI=1S/C21H23NO4S/c1-25-20-10-4-5-11-21(20)26-15-7-6-14-22-27(23,24)19-13-12-17-8-2-3-9-18(17)16-19/h4-5,10-13,16,22H,2-3,8-9,14-15H2,1H3. The predicted octanol–water partition coefficient (Wildman–Crippen LogP) is 2.93. The predicted molar refractivity (Wildman–Crippen MR) is 105 cm³/mol. The Morgan fingerprint density at radius 3 is 2.52 bits per heavy atom. The molecule has 0 heterocycles. The number of benzene rings is 2. The van der Waals surface area contributed by atoms with Crippen LogP contribution >= 0.6 is 0 Å². The molecule has 0 atom stereocenters. The molecule has 0 spiro atoms. The van der Waals surface area contributed by atoms with E-state index in [2.05, 4.69) is 16.6 Å². The normalized spacial score (nSPS) is 13.2. The van der Waals surface area contributed by atoms with E-state index in [1.807, 2.05) is 18.2 Å². The first kappa shape index (κ1) is 19.3. The van der Waals surface area contributed by atoms with Gasteiger partial charge in [-0.05, 0) is 61.1 Å². The van der Waals surface area contributed by atoms with Crippen molar-refractivity contribution in [2.75, 3.05) is 20.3 Å². The fourth-order valence-electron chi connectivity index (χ4n) is 3.06. The van der Waals surface area contributed by atoms with Gasteiger partial charge < -0.3 is 9.47 Å². The molecule has 27 heavy (non-hydrogen) atoms. The van der Waals surface area contributed by atoms with Crippen LogP contribution in [0.5, 0.6) is 11.5 Å². The first-order chi connectivity index (χ1) is 13.1. The molecule has 5 nitrogen and oxygen atoms in total. The number of para-hydroxylation sites is 2. The minimum absolute atomic E-state index is 0.0364. The van der Waals surface area contributed by atoms with Crippen LogP contribution in [-0.4, -0.2) is 28.7 Å². The number of ether oxygens (including phenoxy) is 2. The lowest BCUT2D eigenvalue weighted by Crippen LogP contribution is -2.24. The Hall–Kier alpha value is -2.49. The molecule has 0 saturated heterocycles. The summed E-state index contributed by atoms with van der Waals surface area (Å²) in [6.07, 6.45) is 4.25. The highest BCUT2D eigenvalue weighted by atomic mass is 32.2. The van der Waals surface area contributed by atoms with E-state index >= 15 is 0 Å². The Bertz CT molecular complexity index is 958. The van der Waals surface area contributed by atoms with Gasteiger partial charge in [-0.3, -0.25) is 0 Å². The van der Waals surface area contributed by atoms with Gasteiger partial charge in [-0.25, -0.2) is 8.42 Å². The SMILES string of the molecule is COc1ccccc1OCC#CCNS(=O)(=O)c1ccc2c(c1)CCCC2. The molecule has 2 aromatic rings. The molecule has 0 fully saturated rings. The molecule has 0 bridgehead atoms. The fourth-order valence-corrected chi connectivity index (χ4v) is 4.03. The van der Waals surface area contributed by atoms with Crippen LogP contribution in [0.15, 0.2) is 47.4 Å². The molecular weight excluding hydrogens is 362 g/mol. The van der Waals surface area contributed by atoms with Crippen molar-refractivity contribution in [2.24, 2.45) is 0 Å². The number of hydrogen-bond donors (Lipinski definition) is 1. The smallest absolute Gasteiger partial charge is 0.241 e. The van der Waals surface area contributed by atoms with E-state index in [-0.39, 0.29) is 13.2 Å². The van der Waals surface area contributed by atoms with Gasteiger partial charge in [0.15, 0.2) is 11.5 Å². The number of aryl methyl sites for hydroxylation is 2. The first-order valence-electron chi connectivity index (χ1n) is 8.93. The molecule has 0 aliphatic heterocycles. The lowest BCUT2D eigenvalue weighted by molar-refractivity contribution is 0.331. The van der Waals surface area contributed by atoms with E-state index in [1.165, 1.54) is 12.0 Å². The van der Waals surface area contributed by atoms with Crippen LogP contribution in [0.3, 0.4) is 0 Å². The molecule has 0 saturated carbocycles. The summed E-state index contributed by atoms with van der Waals surface area (Å²) in [4.78, 5) is 0.301. The Morgan fingerprint density at radius 2 is 1.74 bits per heavy atom. The van der Waals surface area contributed by atoms with Crippen LogP contribution in [0.2, 0.25) is 0 Å². The third-order valence-corrected chi connectivity index (χ3v) is 5.87. The van der Waals surface area contributed by atoms with Crippen molar-refractivity contribution in [3.63, 3.8) is 0 Å². The molecule has 142 valence electrons. The van der Waals surface area contributed by atoms with Gasteiger partial charge >= 0.3 is 0 Å². The second-order valence-electron chi connectivity index (χ2n) is 6.26. The Kier molecular flexibility index (Phi) is 6.38. The van der Waals surface area contributed by atoms with Crippen molar-refractivity contribution < 1.29 is 17.9 Å². The van der Waals surface area contributed by atoms with E-state index in [9.17, 15) is 8.42 Å². The Balaban J connectivity index is 1.53. The number of sulfonamides is 1. The fraction of sp³-hybridized carbons (Fsp3) is 0.333. The molecule has 3 rings (SSSR count). The lowest BCUT2D eigenvalue weighted by Gasteiger charge is -2.16. The average Bonchev–Trinajstić information content (AvgIpc) is 2.70. The highest BCUT2D eigenvalue weighted by molar-refractivity contribution is 7.89. The Morgan fingerprint density at radius 1 is 1.00 bits per heavy atom. The summed E-state index contributed by atoms with van der Waals surface area (Å²) >= 11 is 0. The van der Waals surface area contributed by atoms with E-state index in [0.717, 1.165) is 24.8 Å². The second kappa shape index (κ2) is 8.94. The van der Waals surface area contributed by atoms with Crippen molar-refractivity contribution in [2.45, 2.75) is 30.6 Å².